The molecular weight excluding hydrogens is 246 g/mol. The maximum Gasteiger partial charge on any atom is 0.0372 e. The molecule has 0 aliphatic carbocycles. The van der Waals surface area contributed by atoms with Gasteiger partial charge in [0, 0.05) is 37.7 Å². The summed E-state index contributed by atoms with van der Waals surface area (Å²) >= 11 is 0. The minimum absolute atomic E-state index is 0.956. The van der Waals surface area contributed by atoms with Crippen LogP contribution in [0.2, 0.25) is 0 Å². The molecule has 3 rings (SSSR count). The van der Waals surface area contributed by atoms with Crippen molar-refractivity contribution in [2.45, 2.75) is 25.9 Å². The van der Waals surface area contributed by atoms with Crippen molar-refractivity contribution in [2.24, 2.45) is 0 Å². The summed E-state index contributed by atoms with van der Waals surface area (Å²) in [4.78, 5) is 6.40. The Morgan fingerprint density at radius 2 is 1.90 bits per heavy atom. The standard InChI is InChI=1S/C17H21N3/c1-20(12-14-6-9-18-10-7-14)13-15-4-5-17-16(11-15)3-2-8-19-17/h4-7,9-11,19H,2-3,8,12-13H2,1H3. The maximum atomic E-state index is 4.06. The summed E-state index contributed by atoms with van der Waals surface area (Å²) in [6.45, 7) is 3.04. The molecular formula is C17H21N3. The highest BCUT2D eigenvalue weighted by Crippen LogP contribution is 2.23. The Kier molecular flexibility index (Phi) is 3.97. The van der Waals surface area contributed by atoms with E-state index in [9.17, 15) is 0 Å². The van der Waals surface area contributed by atoms with Crippen molar-refractivity contribution in [2.75, 3.05) is 18.9 Å². The summed E-state index contributed by atoms with van der Waals surface area (Å²) in [5.74, 6) is 0. The quantitative estimate of drug-likeness (QED) is 0.922. The Morgan fingerprint density at radius 3 is 2.75 bits per heavy atom. The number of pyridine rings is 1. The fourth-order valence-electron chi connectivity index (χ4n) is 2.79. The number of rotatable bonds is 4. The Labute approximate surface area is 120 Å². The monoisotopic (exact) mass is 267 g/mol. The number of benzene rings is 1. The first-order valence-corrected chi connectivity index (χ1v) is 7.24. The zero-order valence-electron chi connectivity index (χ0n) is 12.0. The van der Waals surface area contributed by atoms with Crippen molar-refractivity contribution in [3.05, 3.63) is 59.4 Å². The van der Waals surface area contributed by atoms with Gasteiger partial charge in [0.05, 0.1) is 0 Å². The Morgan fingerprint density at radius 1 is 1.10 bits per heavy atom. The van der Waals surface area contributed by atoms with Gasteiger partial charge >= 0.3 is 0 Å². The number of hydrogen-bond acceptors (Lipinski definition) is 3. The van der Waals surface area contributed by atoms with Crippen LogP contribution in [0.3, 0.4) is 0 Å². The smallest absolute Gasteiger partial charge is 0.0372 e. The van der Waals surface area contributed by atoms with E-state index >= 15 is 0 Å². The molecule has 0 saturated carbocycles. The van der Waals surface area contributed by atoms with E-state index in [4.69, 9.17) is 0 Å². The zero-order chi connectivity index (χ0) is 13.8. The van der Waals surface area contributed by atoms with Gasteiger partial charge in [-0.1, -0.05) is 12.1 Å². The van der Waals surface area contributed by atoms with Crippen LogP contribution >= 0.6 is 0 Å². The van der Waals surface area contributed by atoms with Gasteiger partial charge in [-0.15, -0.1) is 0 Å². The molecule has 0 fully saturated rings. The van der Waals surface area contributed by atoms with E-state index in [0.717, 1.165) is 19.6 Å². The van der Waals surface area contributed by atoms with Crippen LogP contribution in [0.5, 0.6) is 0 Å². The van der Waals surface area contributed by atoms with Gasteiger partial charge in [0.15, 0.2) is 0 Å². The lowest BCUT2D eigenvalue weighted by molar-refractivity contribution is 0.319. The molecule has 2 aromatic rings. The van der Waals surface area contributed by atoms with Crippen molar-refractivity contribution in [3.63, 3.8) is 0 Å². The number of fused-ring (bicyclic) bond motifs is 1. The van der Waals surface area contributed by atoms with E-state index < -0.39 is 0 Å². The molecule has 0 radical (unpaired) electrons. The number of nitrogens with one attached hydrogen (secondary N) is 1. The second-order valence-corrected chi connectivity index (χ2v) is 5.55. The fraction of sp³-hybridized carbons (Fsp3) is 0.353. The molecule has 1 N–H and O–H groups in total. The van der Waals surface area contributed by atoms with Gasteiger partial charge in [-0.05, 0) is 54.8 Å². The van der Waals surface area contributed by atoms with E-state index in [-0.39, 0.29) is 0 Å². The fourth-order valence-corrected chi connectivity index (χ4v) is 2.79. The molecule has 1 aromatic heterocycles. The van der Waals surface area contributed by atoms with Crippen LogP contribution in [0.15, 0.2) is 42.7 Å². The van der Waals surface area contributed by atoms with Crippen LogP contribution in [0.25, 0.3) is 0 Å². The second kappa shape index (κ2) is 6.06. The Hall–Kier alpha value is -1.87. The second-order valence-electron chi connectivity index (χ2n) is 5.55. The van der Waals surface area contributed by atoms with Gasteiger partial charge in [0.25, 0.3) is 0 Å². The van der Waals surface area contributed by atoms with Gasteiger partial charge in [-0.25, -0.2) is 0 Å². The first-order valence-electron chi connectivity index (χ1n) is 7.24. The predicted octanol–water partition coefficient (Wildman–Crippen LogP) is 3.07. The van der Waals surface area contributed by atoms with Gasteiger partial charge in [-0.2, -0.15) is 0 Å². The van der Waals surface area contributed by atoms with Crippen LogP contribution in [-0.4, -0.2) is 23.5 Å². The molecule has 2 heterocycles. The Balaban J connectivity index is 1.65. The van der Waals surface area contributed by atoms with Crippen molar-refractivity contribution >= 4 is 5.69 Å². The molecule has 0 atom stereocenters. The van der Waals surface area contributed by atoms with Crippen LogP contribution in [-0.2, 0) is 19.5 Å². The number of aromatic nitrogens is 1. The molecule has 20 heavy (non-hydrogen) atoms. The normalized spacial score (nSPS) is 13.9. The highest BCUT2D eigenvalue weighted by atomic mass is 15.1. The molecule has 3 nitrogen and oxygen atoms in total. The van der Waals surface area contributed by atoms with Crippen molar-refractivity contribution in [3.8, 4) is 0 Å². The summed E-state index contributed by atoms with van der Waals surface area (Å²) in [7, 11) is 2.16. The van der Waals surface area contributed by atoms with Crippen molar-refractivity contribution in [1.82, 2.24) is 9.88 Å². The molecule has 0 saturated heterocycles. The SMILES string of the molecule is CN(Cc1ccncc1)Cc1ccc2c(c1)CCCN2. The van der Waals surface area contributed by atoms with Gasteiger partial charge in [0.2, 0.25) is 0 Å². The minimum Gasteiger partial charge on any atom is -0.385 e. The zero-order valence-corrected chi connectivity index (χ0v) is 12.0. The summed E-state index contributed by atoms with van der Waals surface area (Å²) in [6.07, 6.45) is 6.15. The molecule has 1 aromatic carbocycles. The third-order valence-corrected chi connectivity index (χ3v) is 3.76. The summed E-state index contributed by atoms with van der Waals surface area (Å²) in [5.41, 5.74) is 5.48. The first kappa shape index (κ1) is 13.1. The number of anilines is 1. The Bertz CT molecular complexity index is 566. The number of aryl methyl sites for hydroxylation is 1. The number of nitrogens with zero attached hydrogens (tertiary/aromatic N) is 2. The third-order valence-electron chi connectivity index (χ3n) is 3.76. The van der Waals surface area contributed by atoms with Crippen LogP contribution < -0.4 is 5.32 Å². The predicted molar refractivity (Wildman–Crippen MR) is 82.7 cm³/mol. The lowest BCUT2D eigenvalue weighted by Crippen LogP contribution is -2.18. The first-order chi connectivity index (χ1) is 9.81. The summed E-state index contributed by atoms with van der Waals surface area (Å²) < 4.78 is 0. The molecule has 3 heteroatoms. The van der Waals surface area contributed by atoms with E-state index in [1.54, 1.807) is 0 Å². The maximum absolute atomic E-state index is 4.06. The molecule has 0 unspecified atom stereocenters. The van der Waals surface area contributed by atoms with Crippen LogP contribution in [0.1, 0.15) is 23.1 Å². The molecule has 1 aliphatic heterocycles. The molecule has 0 spiro atoms. The minimum atomic E-state index is 0.956. The molecule has 1 aliphatic rings. The lowest BCUT2D eigenvalue weighted by Gasteiger charge is -2.21. The van der Waals surface area contributed by atoms with Gasteiger partial charge in [-0.3, -0.25) is 9.88 Å². The highest BCUT2D eigenvalue weighted by Gasteiger charge is 2.09. The van der Waals surface area contributed by atoms with E-state index in [0.29, 0.717) is 0 Å². The largest absolute Gasteiger partial charge is 0.385 e. The van der Waals surface area contributed by atoms with Crippen molar-refractivity contribution in [1.29, 1.82) is 0 Å². The summed E-state index contributed by atoms with van der Waals surface area (Å²) in [5, 5.41) is 3.46. The van der Waals surface area contributed by atoms with Crippen LogP contribution in [0, 0.1) is 0 Å². The molecule has 0 bridgehead atoms. The van der Waals surface area contributed by atoms with Crippen LogP contribution in [0.4, 0.5) is 5.69 Å². The van der Waals surface area contributed by atoms with E-state index in [1.165, 1.54) is 35.2 Å². The average molecular weight is 267 g/mol. The van der Waals surface area contributed by atoms with E-state index in [1.807, 2.05) is 12.4 Å². The molecule has 104 valence electrons. The topological polar surface area (TPSA) is 28.2 Å². The molecule has 0 amide bonds. The average Bonchev–Trinajstić information content (AvgIpc) is 2.48. The lowest BCUT2D eigenvalue weighted by atomic mass is 10.0. The van der Waals surface area contributed by atoms with Gasteiger partial charge in [0.1, 0.15) is 0 Å². The van der Waals surface area contributed by atoms with Crippen molar-refractivity contribution < 1.29 is 0 Å². The van der Waals surface area contributed by atoms with Gasteiger partial charge < -0.3 is 5.32 Å². The highest BCUT2D eigenvalue weighted by molar-refractivity contribution is 5.54. The summed E-state index contributed by atoms with van der Waals surface area (Å²) in [6, 6.07) is 11.0. The number of hydrogen-bond donors (Lipinski definition) is 1. The third kappa shape index (κ3) is 3.17. The van der Waals surface area contributed by atoms with E-state index in [2.05, 4.69) is 52.6 Å².